The lowest BCUT2D eigenvalue weighted by Gasteiger charge is -2.17. The minimum Gasteiger partial charge on any atom is -0.307 e. The second-order valence-corrected chi connectivity index (χ2v) is 7.83. The summed E-state index contributed by atoms with van der Waals surface area (Å²) in [6, 6.07) is 14.8. The molecule has 0 spiro atoms. The van der Waals surface area contributed by atoms with Gasteiger partial charge in [-0.15, -0.1) is 0 Å². The van der Waals surface area contributed by atoms with E-state index in [1.165, 1.54) is 24.8 Å². The summed E-state index contributed by atoms with van der Waals surface area (Å²) in [5.41, 5.74) is 3.67. The van der Waals surface area contributed by atoms with Crippen LogP contribution >= 0.6 is 31.9 Å². The van der Waals surface area contributed by atoms with Crippen molar-refractivity contribution in [2.75, 3.05) is 6.54 Å². The summed E-state index contributed by atoms with van der Waals surface area (Å²) in [6.45, 7) is 3.29. The lowest BCUT2D eigenvalue weighted by molar-refractivity contribution is 0.518. The Hall–Kier alpha value is -1.08. The molecule has 23 heavy (non-hydrogen) atoms. The highest BCUT2D eigenvalue weighted by atomic mass is 79.9. The van der Waals surface area contributed by atoms with Crippen LogP contribution in [-0.4, -0.2) is 6.54 Å². The molecular weight excluding hydrogens is 414 g/mol. The molecule has 0 bridgehead atoms. The van der Waals surface area contributed by atoms with Gasteiger partial charge in [-0.3, -0.25) is 0 Å². The minimum absolute atomic E-state index is 0.233. The van der Waals surface area contributed by atoms with Crippen LogP contribution in [0.25, 0.3) is 0 Å². The van der Waals surface area contributed by atoms with Crippen LogP contribution in [0.3, 0.4) is 0 Å². The van der Waals surface area contributed by atoms with Crippen molar-refractivity contribution in [2.45, 2.75) is 31.7 Å². The van der Waals surface area contributed by atoms with Gasteiger partial charge in [-0.05, 0) is 61.7 Å². The predicted octanol–water partition coefficient (Wildman–Crippen LogP) is 5.60. The fourth-order valence-corrected chi connectivity index (χ4v) is 3.99. The summed E-state index contributed by atoms with van der Waals surface area (Å²) < 4.78 is 2.06. The zero-order valence-electron chi connectivity index (χ0n) is 13.1. The highest BCUT2D eigenvalue weighted by Crippen LogP contribution is 2.45. The van der Waals surface area contributed by atoms with Gasteiger partial charge in [0.2, 0.25) is 0 Å². The first kappa shape index (κ1) is 16.8. The van der Waals surface area contributed by atoms with Crippen LogP contribution in [0.1, 0.15) is 42.9 Å². The van der Waals surface area contributed by atoms with Gasteiger partial charge in [-0.25, -0.2) is 0 Å². The highest BCUT2D eigenvalue weighted by Gasteiger charge is 2.43. The number of nitrogens with one attached hydrogen (secondary N) is 1. The van der Waals surface area contributed by atoms with Crippen LogP contribution < -0.4 is 5.32 Å². The van der Waals surface area contributed by atoms with Crippen molar-refractivity contribution in [3.05, 3.63) is 68.1 Å². The summed E-state index contributed by atoms with van der Waals surface area (Å²) in [5, 5.41) is 3.68. The van der Waals surface area contributed by atoms with Crippen molar-refractivity contribution in [3.8, 4) is 11.8 Å². The third kappa shape index (κ3) is 4.26. The van der Waals surface area contributed by atoms with E-state index in [9.17, 15) is 0 Å². The standard InChI is InChI=1S/C20H19Br2N/c1-2-11-23-20(9-10-20)17-7-5-15(6-8-17)3-4-16-12-18(21)14-19(22)13-16/h5-8,12-14,23H,2,9-11H2,1H3. The number of hydrogen-bond acceptors (Lipinski definition) is 1. The fraction of sp³-hybridized carbons (Fsp3) is 0.300. The average Bonchev–Trinajstić information content (AvgIpc) is 3.32. The molecule has 2 aromatic rings. The van der Waals surface area contributed by atoms with Crippen molar-refractivity contribution < 1.29 is 0 Å². The molecule has 0 unspecified atom stereocenters. The molecule has 0 radical (unpaired) electrons. The summed E-state index contributed by atoms with van der Waals surface area (Å²) in [7, 11) is 0. The first-order valence-electron chi connectivity index (χ1n) is 7.95. The van der Waals surface area contributed by atoms with Crippen LogP contribution in [0, 0.1) is 11.8 Å². The predicted molar refractivity (Wildman–Crippen MR) is 103 cm³/mol. The quantitative estimate of drug-likeness (QED) is 0.620. The molecule has 2 aromatic carbocycles. The van der Waals surface area contributed by atoms with Crippen molar-refractivity contribution in [3.63, 3.8) is 0 Å². The van der Waals surface area contributed by atoms with Gasteiger partial charge in [0.1, 0.15) is 0 Å². The van der Waals surface area contributed by atoms with Crippen LogP contribution in [0.2, 0.25) is 0 Å². The third-order valence-electron chi connectivity index (χ3n) is 4.11. The Kier molecular flexibility index (Phi) is 5.26. The zero-order valence-corrected chi connectivity index (χ0v) is 16.3. The molecule has 118 valence electrons. The van der Waals surface area contributed by atoms with E-state index < -0.39 is 0 Å². The molecule has 3 heteroatoms. The van der Waals surface area contributed by atoms with Gasteiger partial charge in [-0.2, -0.15) is 0 Å². The van der Waals surface area contributed by atoms with Gasteiger partial charge >= 0.3 is 0 Å². The van der Waals surface area contributed by atoms with E-state index in [2.05, 4.69) is 80.2 Å². The van der Waals surface area contributed by atoms with Gasteiger partial charge in [0.25, 0.3) is 0 Å². The zero-order chi connectivity index (χ0) is 16.3. The molecule has 1 nitrogen and oxygen atoms in total. The van der Waals surface area contributed by atoms with Crippen LogP contribution in [0.5, 0.6) is 0 Å². The molecule has 0 saturated heterocycles. The molecule has 0 amide bonds. The highest BCUT2D eigenvalue weighted by molar-refractivity contribution is 9.11. The van der Waals surface area contributed by atoms with Crippen LogP contribution in [0.4, 0.5) is 0 Å². The van der Waals surface area contributed by atoms with Crippen molar-refractivity contribution >= 4 is 31.9 Å². The van der Waals surface area contributed by atoms with E-state index in [1.807, 2.05) is 18.2 Å². The molecule has 0 aliphatic heterocycles. The van der Waals surface area contributed by atoms with Crippen molar-refractivity contribution in [1.29, 1.82) is 0 Å². The molecule has 0 heterocycles. The van der Waals surface area contributed by atoms with Gasteiger partial charge in [0.05, 0.1) is 0 Å². The van der Waals surface area contributed by atoms with Gasteiger partial charge in [0.15, 0.2) is 0 Å². The molecule has 0 aromatic heterocycles. The molecule has 3 rings (SSSR count). The normalized spacial score (nSPS) is 14.9. The molecule has 1 saturated carbocycles. The first-order valence-corrected chi connectivity index (χ1v) is 9.54. The molecule has 1 fully saturated rings. The van der Waals surface area contributed by atoms with E-state index in [0.717, 1.165) is 26.6 Å². The lowest BCUT2D eigenvalue weighted by Crippen LogP contribution is -2.29. The van der Waals surface area contributed by atoms with E-state index in [0.29, 0.717) is 0 Å². The largest absolute Gasteiger partial charge is 0.307 e. The van der Waals surface area contributed by atoms with Crippen LogP contribution in [-0.2, 0) is 5.54 Å². The number of halogens is 2. The number of benzene rings is 2. The minimum atomic E-state index is 0.233. The van der Waals surface area contributed by atoms with E-state index in [-0.39, 0.29) is 5.54 Å². The second kappa shape index (κ2) is 7.21. The monoisotopic (exact) mass is 431 g/mol. The van der Waals surface area contributed by atoms with E-state index in [4.69, 9.17) is 0 Å². The Bertz CT molecular complexity index is 729. The number of hydrogen-bond donors (Lipinski definition) is 1. The first-order chi connectivity index (χ1) is 11.1. The Balaban J connectivity index is 1.75. The number of rotatable bonds is 4. The van der Waals surface area contributed by atoms with Gasteiger partial charge in [0, 0.05) is 25.6 Å². The summed E-state index contributed by atoms with van der Waals surface area (Å²) in [4.78, 5) is 0. The molecule has 1 aliphatic carbocycles. The average molecular weight is 433 g/mol. The maximum atomic E-state index is 3.68. The molecule has 0 atom stereocenters. The lowest BCUT2D eigenvalue weighted by atomic mass is 10.0. The molecule has 1 aliphatic rings. The van der Waals surface area contributed by atoms with E-state index >= 15 is 0 Å². The Morgan fingerprint density at radius 3 is 2.13 bits per heavy atom. The Labute approximate surface area is 155 Å². The smallest absolute Gasteiger partial charge is 0.0436 e. The van der Waals surface area contributed by atoms with Gasteiger partial charge < -0.3 is 5.32 Å². The van der Waals surface area contributed by atoms with E-state index in [1.54, 1.807) is 0 Å². The second-order valence-electron chi connectivity index (χ2n) is 5.99. The Morgan fingerprint density at radius 2 is 1.57 bits per heavy atom. The Morgan fingerprint density at radius 1 is 0.957 bits per heavy atom. The van der Waals surface area contributed by atoms with Crippen molar-refractivity contribution in [2.24, 2.45) is 0 Å². The van der Waals surface area contributed by atoms with Gasteiger partial charge in [-0.1, -0.05) is 62.8 Å². The topological polar surface area (TPSA) is 12.0 Å². The van der Waals surface area contributed by atoms with Crippen molar-refractivity contribution in [1.82, 2.24) is 5.32 Å². The maximum Gasteiger partial charge on any atom is 0.0436 e. The summed E-state index contributed by atoms with van der Waals surface area (Å²) in [5.74, 6) is 6.47. The third-order valence-corrected chi connectivity index (χ3v) is 5.03. The fourth-order valence-electron chi connectivity index (χ4n) is 2.70. The summed E-state index contributed by atoms with van der Waals surface area (Å²) in [6.07, 6.45) is 3.65. The molecular formula is C20H19Br2N. The van der Waals surface area contributed by atoms with Crippen LogP contribution in [0.15, 0.2) is 51.4 Å². The summed E-state index contributed by atoms with van der Waals surface area (Å²) >= 11 is 6.99. The SMILES string of the molecule is CCCNC1(c2ccc(C#Cc3cc(Br)cc(Br)c3)cc2)CC1. The maximum absolute atomic E-state index is 3.68. The molecule has 1 N–H and O–H groups in total.